The lowest BCUT2D eigenvalue weighted by molar-refractivity contribution is -0.148. The third kappa shape index (κ3) is 5.28. The Hall–Kier alpha value is -5.21. The lowest BCUT2D eigenvalue weighted by Gasteiger charge is -2.50. The van der Waals surface area contributed by atoms with Gasteiger partial charge in [0, 0.05) is 54.6 Å². The van der Waals surface area contributed by atoms with E-state index in [1.165, 1.54) is 11.8 Å². The number of urea groups is 1. The maximum Gasteiger partial charge on any atom is 0.319 e. The van der Waals surface area contributed by atoms with E-state index in [1.54, 1.807) is 63.4 Å². The molecule has 0 radical (unpaired) electrons. The molecule has 0 bridgehead atoms. The van der Waals surface area contributed by atoms with E-state index < -0.39 is 69.8 Å². The van der Waals surface area contributed by atoms with Crippen LogP contribution in [0.1, 0.15) is 45.2 Å². The lowest BCUT2D eigenvalue weighted by Crippen LogP contribution is -2.63. The zero-order valence-corrected chi connectivity index (χ0v) is 26.5. The standard InChI is InChI=1S/C33H37N5O9/c1-14(39)15-6-8-18(9-7-15)36-32(46)35-13-17-12-21(37(2)3)19-10-16-11-20-25(38(4)5)28(42)24(31(34)45)30(44)33(20,47)29(43)22(16)27(41)23(19)26(17)40/h6-9,12,16,20,25,40,42-43,47H,10-11,13H2,1-5H3,(H2,34,45)(H2,35,36,46). The molecule has 0 heterocycles. The molecule has 5 rings (SSSR count). The zero-order chi connectivity index (χ0) is 34.7. The number of amides is 3. The molecule has 248 valence electrons. The number of allylic oxidation sites excluding steroid dienone is 1. The molecule has 0 spiro atoms. The molecule has 3 amide bonds. The highest BCUT2D eigenvalue weighted by Gasteiger charge is 2.63. The van der Waals surface area contributed by atoms with Gasteiger partial charge in [-0.25, -0.2) is 4.79 Å². The molecule has 0 aromatic heterocycles. The van der Waals surface area contributed by atoms with Crippen LogP contribution in [0.2, 0.25) is 0 Å². The predicted octanol–water partition coefficient (Wildman–Crippen LogP) is 1.71. The van der Waals surface area contributed by atoms with Gasteiger partial charge in [0.25, 0.3) is 5.91 Å². The number of likely N-dealkylation sites (N-methyl/N-ethyl adjacent to an activating group) is 1. The van der Waals surface area contributed by atoms with Gasteiger partial charge in [-0.15, -0.1) is 0 Å². The molecule has 0 fully saturated rings. The number of aliphatic hydroxyl groups excluding tert-OH is 2. The van der Waals surface area contributed by atoms with Gasteiger partial charge >= 0.3 is 6.03 Å². The summed E-state index contributed by atoms with van der Waals surface area (Å²) in [6, 6.07) is 6.19. The number of nitrogens with two attached hydrogens (primary N) is 1. The fraction of sp³-hybridized carbons (Fsp3) is 0.364. The van der Waals surface area contributed by atoms with Gasteiger partial charge in [-0.3, -0.25) is 24.1 Å². The summed E-state index contributed by atoms with van der Waals surface area (Å²) in [5.74, 6) is -7.46. The number of nitrogens with zero attached hydrogens (tertiary/aromatic N) is 2. The third-order valence-corrected chi connectivity index (χ3v) is 9.25. The van der Waals surface area contributed by atoms with Crippen LogP contribution in [0.25, 0.3) is 0 Å². The highest BCUT2D eigenvalue weighted by atomic mass is 16.3. The van der Waals surface area contributed by atoms with E-state index in [2.05, 4.69) is 10.6 Å². The summed E-state index contributed by atoms with van der Waals surface area (Å²) in [5, 5.41) is 51.0. The Labute approximate surface area is 270 Å². The quantitative estimate of drug-likeness (QED) is 0.169. The molecule has 0 saturated carbocycles. The van der Waals surface area contributed by atoms with Crippen molar-refractivity contribution in [3.63, 3.8) is 0 Å². The third-order valence-electron chi connectivity index (χ3n) is 9.25. The topological polar surface area (TPSA) is 223 Å². The van der Waals surface area contributed by atoms with E-state index in [1.807, 2.05) is 0 Å². The first-order valence-corrected chi connectivity index (χ1v) is 14.9. The minimum atomic E-state index is -2.75. The average Bonchev–Trinajstić information content (AvgIpc) is 2.98. The van der Waals surface area contributed by atoms with Gasteiger partial charge < -0.3 is 41.7 Å². The SMILES string of the molecule is CC(=O)c1ccc(NC(=O)NCc2cc(N(C)C)c3c(c2O)C(=O)C2=C(O)C4(O)C(=O)C(C(N)=O)=C(O)C(N(C)C)C4CC2C3)cc1. The van der Waals surface area contributed by atoms with Crippen LogP contribution in [-0.2, 0) is 22.6 Å². The first-order valence-electron chi connectivity index (χ1n) is 14.9. The van der Waals surface area contributed by atoms with Gasteiger partial charge in [0.2, 0.25) is 5.78 Å². The van der Waals surface area contributed by atoms with Gasteiger partial charge in [0.15, 0.2) is 17.2 Å². The molecule has 3 aliphatic rings. The van der Waals surface area contributed by atoms with Crippen molar-refractivity contribution < 1.29 is 44.4 Å². The van der Waals surface area contributed by atoms with E-state index in [9.17, 15) is 44.4 Å². The highest BCUT2D eigenvalue weighted by molar-refractivity contribution is 6.25. The largest absolute Gasteiger partial charge is 0.510 e. The summed E-state index contributed by atoms with van der Waals surface area (Å²) in [6.07, 6.45) is 0.0936. The average molecular weight is 648 g/mol. The number of rotatable bonds is 7. The molecule has 4 unspecified atom stereocenters. The summed E-state index contributed by atoms with van der Waals surface area (Å²) in [4.78, 5) is 67.3. The lowest BCUT2D eigenvalue weighted by atomic mass is 9.58. The van der Waals surface area contributed by atoms with Gasteiger partial charge in [-0.1, -0.05) is 0 Å². The van der Waals surface area contributed by atoms with E-state index in [0.29, 0.717) is 22.5 Å². The number of primary amides is 1. The molecule has 14 heteroatoms. The molecule has 3 aliphatic carbocycles. The van der Waals surface area contributed by atoms with Crippen LogP contribution >= 0.6 is 0 Å². The number of aliphatic hydroxyl groups is 3. The minimum Gasteiger partial charge on any atom is -0.510 e. The number of fused-ring (bicyclic) bond motifs is 3. The van der Waals surface area contributed by atoms with Crippen molar-refractivity contribution in [1.29, 1.82) is 0 Å². The first-order chi connectivity index (χ1) is 22.0. The van der Waals surface area contributed by atoms with Crippen LogP contribution in [0.3, 0.4) is 0 Å². The molecular weight excluding hydrogens is 610 g/mol. The molecule has 14 nitrogen and oxygen atoms in total. The van der Waals surface area contributed by atoms with Crippen LogP contribution in [0.15, 0.2) is 53.0 Å². The Morgan fingerprint density at radius 2 is 1.68 bits per heavy atom. The number of phenols is 1. The molecular formula is C33H37N5O9. The van der Waals surface area contributed by atoms with Crippen molar-refractivity contribution in [2.75, 3.05) is 38.4 Å². The van der Waals surface area contributed by atoms with Crippen LogP contribution in [0.4, 0.5) is 16.2 Å². The van der Waals surface area contributed by atoms with Gasteiger partial charge in [-0.2, -0.15) is 0 Å². The van der Waals surface area contributed by atoms with E-state index in [0.717, 1.165) is 0 Å². The zero-order valence-electron chi connectivity index (χ0n) is 26.5. The Morgan fingerprint density at radius 3 is 2.23 bits per heavy atom. The normalized spacial score (nSPS) is 23.6. The maximum atomic E-state index is 14.2. The molecule has 0 aliphatic heterocycles. The van der Waals surface area contributed by atoms with Crippen LogP contribution < -0.4 is 21.3 Å². The number of carbonyl (C=O) groups is 5. The molecule has 47 heavy (non-hydrogen) atoms. The number of nitrogens with one attached hydrogen (secondary N) is 2. The van der Waals surface area contributed by atoms with Crippen LogP contribution in [0, 0.1) is 11.8 Å². The number of Topliss-reactive ketones (excluding diaryl/α,β-unsaturated/α-hetero) is 3. The van der Waals surface area contributed by atoms with Crippen molar-refractivity contribution in [2.24, 2.45) is 17.6 Å². The van der Waals surface area contributed by atoms with Crippen molar-refractivity contribution in [3.8, 4) is 5.75 Å². The van der Waals surface area contributed by atoms with Gasteiger partial charge in [-0.05, 0) is 75.7 Å². The Kier molecular flexibility index (Phi) is 8.37. The van der Waals surface area contributed by atoms with E-state index in [4.69, 9.17) is 5.73 Å². The van der Waals surface area contributed by atoms with Gasteiger partial charge in [0.1, 0.15) is 22.8 Å². The van der Waals surface area contributed by atoms with Crippen LogP contribution in [-0.4, -0.2) is 94.4 Å². The maximum absolute atomic E-state index is 14.2. The summed E-state index contributed by atoms with van der Waals surface area (Å²) in [5.41, 5.74) is 3.44. The fourth-order valence-corrected chi connectivity index (χ4v) is 7.03. The molecule has 2 aromatic carbocycles. The molecule has 0 saturated heterocycles. The fourth-order valence-electron chi connectivity index (χ4n) is 7.03. The molecule has 4 atom stereocenters. The van der Waals surface area contributed by atoms with Crippen molar-refractivity contribution in [3.05, 3.63) is 75.3 Å². The Morgan fingerprint density at radius 1 is 1.04 bits per heavy atom. The summed E-state index contributed by atoms with van der Waals surface area (Å²) in [6.45, 7) is 1.22. The van der Waals surface area contributed by atoms with Crippen molar-refractivity contribution in [1.82, 2.24) is 10.2 Å². The van der Waals surface area contributed by atoms with Crippen LogP contribution in [0.5, 0.6) is 5.75 Å². The molecule has 8 N–H and O–H groups in total. The number of ketones is 3. The first kappa shape index (κ1) is 33.2. The number of carbonyl (C=O) groups excluding carboxylic acids is 5. The minimum absolute atomic E-state index is 0.0315. The second-order valence-electron chi connectivity index (χ2n) is 12.6. The van der Waals surface area contributed by atoms with E-state index in [-0.39, 0.29) is 41.9 Å². The number of benzene rings is 2. The number of anilines is 2. The Balaban J connectivity index is 1.52. The van der Waals surface area contributed by atoms with Gasteiger partial charge in [0.05, 0.1) is 11.6 Å². The number of hydrogen-bond acceptors (Lipinski definition) is 11. The monoisotopic (exact) mass is 647 g/mol. The summed E-state index contributed by atoms with van der Waals surface area (Å²) in [7, 11) is 6.61. The summed E-state index contributed by atoms with van der Waals surface area (Å²) < 4.78 is 0. The smallest absolute Gasteiger partial charge is 0.319 e. The van der Waals surface area contributed by atoms with E-state index >= 15 is 0 Å². The number of phenolic OH excluding ortho intramolecular Hbond substituents is 1. The second kappa shape index (κ2) is 11.9. The Bertz CT molecular complexity index is 1790. The predicted molar refractivity (Wildman–Crippen MR) is 170 cm³/mol. The molecule has 2 aromatic rings. The second-order valence-corrected chi connectivity index (χ2v) is 12.6. The van der Waals surface area contributed by atoms with Crippen molar-refractivity contribution in [2.45, 2.75) is 38.0 Å². The van der Waals surface area contributed by atoms with Crippen molar-refractivity contribution >= 4 is 40.7 Å². The number of aromatic hydroxyl groups is 1. The summed E-state index contributed by atoms with van der Waals surface area (Å²) >= 11 is 0. The highest BCUT2D eigenvalue weighted by Crippen LogP contribution is 2.53. The number of hydrogen-bond donors (Lipinski definition) is 7.